The molecule has 1 saturated carbocycles. The monoisotopic (exact) mass is 255 g/mol. The van der Waals surface area contributed by atoms with E-state index in [2.05, 4.69) is 4.72 Å². The summed E-state index contributed by atoms with van der Waals surface area (Å²) in [4.78, 5) is 10.8. The number of anilines is 1. The first-order valence-electron chi connectivity index (χ1n) is 5.21. The van der Waals surface area contributed by atoms with E-state index in [9.17, 15) is 13.2 Å². The lowest BCUT2D eigenvalue weighted by Crippen LogP contribution is -2.11. The van der Waals surface area contributed by atoms with Crippen LogP contribution in [-0.4, -0.2) is 27.1 Å². The quantitative estimate of drug-likeness (QED) is 0.807. The van der Waals surface area contributed by atoms with Gasteiger partial charge < -0.3 is 4.74 Å². The average Bonchev–Trinajstić information content (AvgIpc) is 3.00. The molecule has 0 heterocycles. The first-order valence-corrected chi connectivity index (χ1v) is 7.11. The predicted octanol–water partition coefficient (Wildman–Crippen LogP) is 1.41. The van der Waals surface area contributed by atoms with Gasteiger partial charge in [-0.25, -0.2) is 8.42 Å². The van der Waals surface area contributed by atoms with Gasteiger partial charge >= 0.3 is 0 Å². The van der Waals surface area contributed by atoms with E-state index in [0.29, 0.717) is 17.6 Å². The summed E-state index contributed by atoms with van der Waals surface area (Å²) in [6, 6.07) is 4.73. The Labute approximate surface area is 99.8 Å². The molecule has 0 aliphatic heterocycles. The summed E-state index contributed by atoms with van der Waals surface area (Å²) in [7, 11) is -3.40. The third-order valence-electron chi connectivity index (χ3n) is 2.27. The molecule has 92 valence electrons. The van der Waals surface area contributed by atoms with Crippen molar-refractivity contribution in [2.75, 3.05) is 11.0 Å². The predicted molar refractivity (Wildman–Crippen MR) is 63.9 cm³/mol. The molecule has 0 bridgehead atoms. The fraction of sp³-hybridized carbons (Fsp3) is 0.364. The molecule has 0 aromatic heterocycles. The van der Waals surface area contributed by atoms with Crippen LogP contribution in [0.4, 0.5) is 5.69 Å². The number of benzene rings is 1. The normalized spacial score (nSPS) is 15.4. The topological polar surface area (TPSA) is 72.5 Å². The highest BCUT2D eigenvalue weighted by Gasteiger charge is 2.23. The SMILES string of the molecule is CS(=O)(=O)Nc1cc(OC2CC2)ccc1C=O. The van der Waals surface area contributed by atoms with Crippen LogP contribution in [0.25, 0.3) is 0 Å². The van der Waals surface area contributed by atoms with E-state index in [1.54, 1.807) is 6.07 Å². The molecular formula is C11H13NO4S. The summed E-state index contributed by atoms with van der Waals surface area (Å²) in [5.41, 5.74) is 0.541. The standard InChI is InChI=1S/C11H13NO4S/c1-17(14,15)12-11-6-10(16-9-4-5-9)3-2-8(11)7-13/h2-3,6-7,9,12H,4-5H2,1H3. The molecule has 0 amide bonds. The number of nitrogens with one attached hydrogen (secondary N) is 1. The van der Waals surface area contributed by atoms with Crippen molar-refractivity contribution in [3.05, 3.63) is 23.8 Å². The van der Waals surface area contributed by atoms with Gasteiger partial charge in [-0.1, -0.05) is 0 Å². The zero-order chi connectivity index (χ0) is 12.5. The lowest BCUT2D eigenvalue weighted by Gasteiger charge is -2.10. The molecule has 0 atom stereocenters. The third kappa shape index (κ3) is 3.45. The van der Waals surface area contributed by atoms with E-state index >= 15 is 0 Å². The van der Waals surface area contributed by atoms with E-state index < -0.39 is 10.0 Å². The van der Waals surface area contributed by atoms with Crippen molar-refractivity contribution in [3.8, 4) is 5.75 Å². The van der Waals surface area contributed by atoms with E-state index in [1.165, 1.54) is 12.1 Å². The second kappa shape index (κ2) is 4.37. The summed E-state index contributed by atoms with van der Waals surface area (Å²) >= 11 is 0. The summed E-state index contributed by atoms with van der Waals surface area (Å²) in [5, 5.41) is 0. The molecule has 6 heteroatoms. The number of carbonyl (C=O) groups is 1. The molecule has 5 nitrogen and oxygen atoms in total. The highest BCUT2D eigenvalue weighted by atomic mass is 32.2. The van der Waals surface area contributed by atoms with E-state index in [0.717, 1.165) is 19.1 Å². The summed E-state index contributed by atoms with van der Waals surface area (Å²) < 4.78 is 30.1. The lowest BCUT2D eigenvalue weighted by molar-refractivity contribution is 0.112. The zero-order valence-electron chi connectivity index (χ0n) is 9.34. The maximum atomic E-state index is 11.1. The Balaban J connectivity index is 2.27. The van der Waals surface area contributed by atoms with Crippen molar-refractivity contribution in [3.63, 3.8) is 0 Å². The highest BCUT2D eigenvalue weighted by molar-refractivity contribution is 7.92. The first kappa shape index (κ1) is 11.9. The van der Waals surface area contributed by atoms with Gasteiger partial charge in [0.05, 0.1) is 18.0 Å². The van der Waals surface area contributed by atoms with Crippen molar-refractivity contribution in [2.45, 2.75) is 18.9 Å². The minimum absolute atomic E-state index is 0.225. The Morgan fingerprint density at radius 2 is 2.12 bits per heavy atom. The number of aldehydes is 1. The maximum Gasteiger partial charge on any atom is 0.229 e. The Bertz CT molecular complexity index is 534. The van der Waals surface area contributed by atoms with Gasteiger partial charge in [0, 0.05) is 11.6 Å². The number of rotatable bonds is 5. The Morgan fingerprint density at radius 3 is 2.65 bits per heavy atom. The van der Waals surface area contributed by atoms with Crippen molar-refractivity contribution in [1.29, 1.82) is 0 Å². The number of carbonyl (C=O) groups excluding carboxylic acids is 1. The second-order valence-corrected chi connectivity index (χ2v) is 5.81. The van der Waals surface area contributed by atoms with Gasteiger partial charge in [0.1, 0.15) is 5.75 Å². The minimum atomic E-state index is -3.40. The van der Waals surface area contributed by atoms with Crippen LogP contribution < -0.4 is 9.46 Å². The van der Waals surface area contributed by atoms with Crippen LogP contribution in [0.2, 0.25) is 0 Å². The van der Waals surface area contributed by atoms with Gasteiger partial charge in [-0.3, -0.25) is 9.52 Å². The van der Waals surface area contributed by atoms with E-state index in [1.807, 2.05) is 0 Å². The number of hydrogen-bond donors (Lipinski definition) is 1. The molecule has 1 N–H and O–H groups in total. The molecule has 1 aromatic carbocycles. The summed E-state index contributed by atoms with van der Waals surface area (Å²) in [5.74, 6) is 0.573. The largest absolute Gasteiger partial charge is 0.490 e. The fourth-order valence-corrected chi connectivity index (χ4v) is 1.95. The number of ether oxygens (including phenoxy) is 1. The highest BCUT2D eigenvalue weighted by Crippen LogP contribution is 2.29. The maximum absolute atomic E-state index is 11.1. The number of sulfonamides is 1. The van der Waals surface area contributed by atoms with E-state index in [4.69, 9.17) is 4.74 Å². The third-order valence-corrected chi connectivity index (χ3v) is 2.86. The van der Waals surface area contributed by atoms with Crippen molar-refractivity contribution in [1.82, 2.24) is 0 Å². The van der Waals surface area contributed by atoms with Gasteiger partial charge in [-0.15, -0.1) is 0 Å². The molecule has 0 unspecified atom stereocenters. The Kier molecular flexibility index (Phi) is 3.06. The van der Waals surface area contributed by atoms with Crippen LogP contribution >= 0.6 is 0 Å². The van der Waals surface area contributed by atoms with Crippen molar-refractivity contribution >= 4 is 22.0 Å². The molecule has 17 heavy (non-hydrogen) atoms. The second-order valence-electron chi connectivity index (χ2n) is 4.06. The van der Waals surface area contributed by atoms with E-state index in [-0.39, 0.29) is 11.8 Å². The van der Waals surface area contributed by atoms with Crippen molar-refractivity contribution in [2.24, 2.45) is 0 Å². The van der Waals surface area contributed by atoms with Gasteiger partial charge in [0.2, 0.25) is 10.0 Å². The van der Waals surface area contributed by atoms with Gasteiger partial charge in [0.15, 0.2) is 6.29 Å². The molecule has 0 spiro atoms. The average molecular weight is 255 g/mol. The van der Waals surface area contributed by atoms with Crippen LogP contribution in [-0.2, 0) is 10.0 Å². The van der Waals surface area contributed by atoms with Crippen LogP contribution in [0.1, 0.15) is 23.2 Å². The fourth-order valence-electron chi connectivity index (χ4n) is 1.38. The van der Waals surface area contributed by atoms with Crippen LogP contribution in [0.5, 0.6) is 5.75 Å². The molecule has 0 saturated heterocycles. The van der Waals surface area contributed by atoms with Gasteiger partial charge in [0.25, 0.3) is 0 Å². The smallest absolute Gasteiger partial charge is 0.229 e. The number of hydrogen-bond acceptors (Lipinski definition) is 4. The van der Waals surface area contributed by atoms with Gasteiger partial charge in [-0.2, -0.15) is 0 Å². The molecule has 0 radical (unpaired) electrons. The molecule has 1 fully saturated rings. The molecule has 2 rings (SSSR count). The first-order chi connectivity index (χ1) is 7.98. The molecule has 1 aromatic rings. The van der Waals surface area contributed by atoms with Crippen molar-refractivity contribution < 1.29 is 17.9 Å². The van der Waals surface area contributed by atoms with Crippen LogP contribution in [0, 0.1) is 0 Å². The molecule has 1 aliphatic carbocycles. The zero-order valence-corrected chi connectivity index (χ0v) is 10.2. The van der Waals surface area contributed by atoms with Crippen LogP contribution in [0.3, 0.4) is 0 Å². The Morgan fingerprint density at radius 1 is 1.41 bits per heavy atom. The minimum Gasteiger partial charge on any atom is -0.490 e. The van der Waals surface area contributed by atoms with Crippen LogP contribution in [0.15, 0.2) is 18.2 Å². The lowest BCUT2D eigenvalue weighted by atomic mass is 10.2. The summed E-state index contributed by atoms with van der Waals surface area (Å²) in [6.45, 7) is 0. The molecule has 1 aliphatic rings. The molecular weight excluding hydrogens is 242 g/mol. The summed E-state index contributed by atoms with van der Waals surface area (Å²) in [6.07, 6.45) is 3.90. The van der Waals surface area contributed by atoms with Gasteiger partial charge in [-0.05, 0) is 25.0 Å². The Hall–Kier alpha value is -1.56.